The molecule has 8 heteroatoms. The summed E-state index contributed by atoms with van der Waals surface area (Å²) in [5.41, 5.74) is -0.812. The van der Waals surface area contributed by atoms with Crippen LogP contribution in [0.5, 0.6) is 0 Å². The number of nitrogens with zero attached hydrogens (tertiary/aromatic N) is 2. The van der Waals surface area contributed by atoms with E-state index in [1.54, 1.807) is 11.8 Å². The number of hydrogen-bond donors (Lipinski definition) is 0. The molecular formula is C17H21F3N2O3. The Labute approximate surface area is 144 Å². The molecule has 0 saturated carbocycles. The van der Waals surface area contributed by atoms with E-state index in [4.69, 9.17) is 4.74 Å². The van der Waals surface area contributed by atoms with E-state index in [2.05, 4.69) is 4.98 Å². The maximum atomic E-state index is 12.7. The van der Waals surface area contributed by atoms with Crippen molar-refractivity contribution >= 4 is 11.9 Å². The largest absolute Gasteiger partial charge is 0.466 e. The van der Waals surface area contributed by atoms with Gasteiger partial charge in [-0.05, 0) is 45.2 Å². The molecule has 0 radical (unpaired) electrons. The van der Waals surface area contributed by atoms with Gasteiger partial charge in [0, 0.05) is 13.1 Å². The summed E-state index contributed by atoms with van der Waals surface area (Å²) in [6.45, 7) is 4.26. The van der Waals surface area contributed by atoms with Crippen LogP contribution in [0.2, 0.25) is 0 Å². The van der Waals surface area contributed by atoms with Crippen LogP contribution < -0.4 is 0 Å². The van der Waals surface area contributed by atoms with Crippen LogP contribution in [0.3, 0.4) is 0 Å². The summed E-state index contributed by atoms with van der Waals surface area (Å²) in [6, 6.07) is 1.99. The van der Waals surface area contributed by atoms with Gasteiger partial charge in [-0.15, -0.1) is 0 Å². The minimum Gasteiger partial charge on any atom is -0.466 e. The molecule has 1 aromatic rings. The Hall–Kier alpha value is -2.12. The number of carbonyl (C=O) groups excluding carboxylic acids is 2. The van der Waals surface area contributed by atoms with E-state index in [1.165, 1.54) is 13.0 Å². The molecule has 1 aromatic heterocycles. The van der Waals surface area contributed by atoms with E-state index >= 15 is 0 Å². The third-order valence-electron chi connectivity index (χ3n) is 4.24. The molecule has 1 atom stereocenters. The van der Waals surface area contributed by atoms with Gasteiger partial charge in [0.05, 0.1) is 23.8 Å². The van der Waals surface area contributed by atoms with Crippen molar-refractivity contribution in [2.24, 2.45) is 5.92 Å². The summed E-state index contributed by atoms with van der Waals surface area (Å²) in [4.78, 5) is 29.5. The number of amides is 1. The summed E-state index contributed by atoms with van der Waals surface area (Å²) < 4.78 is 43.1. The summed E-state index contributed by atoms with van der Waals surface area (Å²) in [5.74, 6) is -0.864. The highest BCUT2D eigenvalue weighted by Crippen LogP contribution is 2.28. The zero-order valence-corrected chi connectivity index (χ0v) is 14.2. The highest BCUT2D eigenvalue weighted by molar-refractivity contribution is 5.95. The molecule has 1 aliphatic heterocycles. The second-order valence-corrected chi connectivity index (χ2v) is 6.00. The molecule has 2 heterocycles. The monoisotopic (exact) mass is 358 g/mol. The van der Waals surface area contributed by atoms with Gasteiger partial charge in [-0.1, -0.05) is 0 Å². The van der Waals surface area contributed by atoms with Crippen LogP contribution in [0.15, 0.2) is 12.1 Å². The fourth-order valence-corrected chi connectivity index (χ4v) is 2.91. The lowest BCUT2D eigenvalue weighted by Crippen LogP contribution is -2.33. The van der Waals surface area contributed by atoms with Gasteiger partial charge in [0.15, 0.2) is 0 Å². The van der Waals surface area contributed by atoms with E-state index < -0.39 is 11.9 Å². The molecule has 5 nitrogen and oxygen atoms in total. The van der Waals surface area contributed by atoms with Crippen LogP contribution in [-0.2, 0) is 15.7 Å². The van der Waals surface area contributed by atoms with Gasteiger partial charge in [0.1, 0.15) is 5.69 Å². The molecule has 0 bridgehead atoms. The zero-order chi connectivity index (χ0) is 18.6. The molecule has 1 fully saturated rings. The van der Waals surface area contributed by atoms with Gasteiger partial charge in [-0.3, -0.25) is 9.59 Å². The molecule has 2 rings (SSSR count). The van der Waals surface area contributed by atoms with Gasteiger partial charge < -0.3 is 9.64 Å². The van der Waals surface area contributed by atoms with Crippen molar-refractivity contribution in [2.45, 2.75) is 39.3 Å². The normalized spacial score (nSPS) is 18.6. The number of rotatable bonds is 3. The van der Waals surface area contributed by atoms with Crippen molar-refractivity contribution in [2.75, 3.05) is 19.7 Å². The lowest BCUT2D eigenvalue weighted by Gasteiger charge is -2.21. The first kappa shape index (κ1) is 19.2. The van der Waals surface area contributed by atoms with E-state index in [1.807, 2.05) is 0 Å². The van der Waals surface area contributed by atoms with Gasteiger partial charge >= 0.3 is 12.1 Å². The third-order valence-corrected chi connectivity index (χ3v) is 4.24. The fraction of sp³-hybridized carbons (Fsp3) is 0.588. The van der Waals surface area contributed by atoms with Crippen LogP contribution >= 0.6 is 0 Å². The maximum Gasteiger partial charge on any atom is 0.433 e. The minimum atomic E-state index is -4.54. The van der Waals surface area contributed by atoms with Gasteiger partial charge in [-0.2, -0.15) is 13.2 Å². The quantitative estimate of drug-likeness (QED) is 0.779. The second kappa shape index (κ2) is 7.84. The Morgan fingerprint density at radius 2 is 2.00 bits per heavy atom. The minimum absolute atomic E-state index is 0.0472. The first-order valence-corrected chi connectivity index (χ1v) is 8.24. The molecule has 0 aliphatic carbocycles. The Kier molecular flexibility index (Phi) is 6.02. The number of likely N-dealkylation sites (tertiary alicyclic amines) is 1. The summed E-state index contributed by atoms with van der Waals surface area (Å²) in [6.07, 6.45) is -2.78. The average molecular weight is 358 g/mol. The number of ether oxygens (including phenoxy) is 1. The zero-order valence-electron chi connectivity index (χ0n) is 14.2. The highest BCUT2D eigenvalue weighted by atomic mass is 19.4. The van der Waals surface area contributed by atoms with Gasteiger partial charge in [-0.25, -0.2) is 4.98 Å². The summed E-state index contributed by atoms with van der Waals surface area (Å²) in [7, 11) is 0. The van der Waals surface area contributed by atoms with Crippen molar-refractivity contribution in [1.82, 2.24) is 9.88 Å². The first-order valence-electron chi connectivity index (χ1n) is 8.24. The molecular weight excluding hydrogens is 337 g/mol. The van der Waals surface area contributed by atoms with Gasteiger partial charge in [0.25, 0.3) is 5.91 Å². The van der Waals surface area contributed by atoms with Crippen molar-refractivity contribution in [1.29, 1.82) is 0 Å². The number of esters is 1. The summed E-state index contributed by atoms with van der Waals surface area (Å²) in [5, 5.41) is 0. The Morgan fingerprint density at radius 1 is 1.28 bits per heavy atom. The molecule has 1 amide bonds. The Bertz CT molecular complexity index is 647. The maximum absolute atomic E-state index is 12.7. The Morgan fingerprint density at radius 3 is 2.60 bits per heavy atom. The summed E-state index contributed by atoms with van der Waals surface area (Å²) >= 11 is 0. The molecule has 1 unspecified atom stereocenters. The van der Waals surface area contributed by atoms with Crippen molar-refractivity contribution in [3.63, 3.8) is 0 Å². The van der Waals surface area contributed by atoms with Crippen LogP contribution in [-0.4, -0.2) is 41.5 Å². The smallest absolute Gasteiger partial charge is 0.433 e. The van der Waals surface area contributed by atoms with Crippen LogP contribution in [0.25, 0.3) is 0 Å². The van der Waals surface area contributed by atoms with Crippen molar-refractivity contribution < 1.29 is 27.5 Å². The number of hydrogen-bond acceptors (Lipinski definition) is 4. The highest BCUT2D eigenvalue weighted by Gasteiger charge is 2.33. The van der Waals surface area contributed by atoms with E-state index in [-0.39, 0.29) is 29.1 Å². The SMILES string of the molecule is CCOC(=O)C1CCCN(C(=O)c2ccc(C(F)(F)F)nc2C)CC1. The third kappa shape index (κ3) is 4.70. The van der Waals surface area contributed by atoms with Crippen molar-refractivity contribution in [3.05, 3.63) is 29.1 Å². The van der Waals surface area contributed by atoms with Crippen LogP contribution in [0.1, 0.15) is 47.9 Å². The van der Waals surface area contributed by atoms with Crippen molar-refractivity contribution in [3.8, 4) is 0 Å². The standard InChI is InChI=1S/C17H21F3N2O3/c1-3-25-16(24)12-5-4-9-22(10-8-12)15(23)13-6-7-14(17(18,19)20)21-11(13)2/h6-7,12H,3-5,8-10H2,1-2H3. The number of carbonyl (C=O) groups is 2. The van der Waals surface area contributed by atoms with E-state index in [0.717, 1.165) is 6.07 Å². The van der Waals surface area contributed by atoms with Gasteiger partial charge in [0.2, 0.25) is 0 Å². The molecule has 0 aromatic carbocycles. The van der Waals surface area contributed by atoms with Crippen LogP contribution in [0, 0.1) is 12.8 Å². The topological polar surface area (TPSA) is 59.5 Å². The lowest BCUT2D eigenvalue weighted by molar-refractivity contribution is -0.148. The number of aromatic nitrogens is 1. The number of aryl methyl sites for hydroxylation is 1. The fourth-order valence-electron chi connectivity index (χ4n) is 2.91. The second-order valence-electron chi connectivity index (χ2n) is 6.00. The molecule has 1 aliphatic rings. The van der Waals surface area contributed by atoms with E-state index in [9.17, 15) is 22.8 Å². The molecule has 1 saturated heterocycles. The van der Waals surface area contributed by atoms with E-state index in [0.29, 0.717) is 39.0 Å². The predicted octanol–water partition coefficient (Wildman–Crippen LogP) is 3.21. The molecule has 0 N–H and O–H groups in total. The van der Waals surface area contributed by atoms with Crippen LogP contribution in [0.4, 0.5) is 13.2 Å². The average Bonchev–Trinajstić information content (AvgIpc) is 2.79. The molecule has 25 heavy (non-hydrogen) atoms. The number of pyridine rings is 1. The first-order chi connectivity index (χ1) is 11.7. The number of halogens is 3. The predicted molar refractivity (Wildman–Crippen MR) is 83.9 cm³/mol. The number of alkyl halides is 3. The molecule has 138 valence electrons. The molecule has 0 spiro atoms. The lowest BCUT2D eigenvalue weighted by atomic mass is 10.0. The Balaban J connectivity index is 2.09.